The number of benzene rings is 1. The summed E-state index contributed by atoms with van der Waals surface area (Å²) in [6.45, 7) is 8.45. The molecule has 0 radical (unpaired) electrons. The summed E-state index contributed by atoms with van der Waals surface area (Å²) in [7, 11) is 0. The van der Waals surface area contributed by atoms with Crippen molar-refractivity contribution < 1.29 is 4.74 Å². The van der Waals surface area contributed by atoms with E-state index in [2.05, 4.69) is 28.7 Å². The third kappa shape index (κ3) is 3.23. The van der Waals surface area contributed by atoms with Gasteiger partial charge in [-0.2, -0.15) is 0 Å². The molecule has 0 saturated heterocycles. The van der Waals surface area contributed by atoms with E-state index >= 15 is 0 Å². The fraction of sp³-hybridized carbons (Fsp3) is 0.500. The van der Waals surface area contributed by atoms with E-state index in [9.17, 15) is 0 Å². The highest BCUT2D eigenvalue weighted by Crippen LogP contribution is 2.17. The molecular formula is C14H21N3O. The number of hydrogen-bond acceptors (Lipinski definition) is 3. The summed E-state index contributed by atoms with van der Waals surface area (Å²) >= 11 is 0. The van der Waals surface area contributed by atoms with E-state index in [0.29, 0.717) is 0 Å². The average molecular weight is 247 g/mol. The lowest BCUT2D eigenvalue weighted by atomic mass is 10.3. The van der Waals surface area contributed by atoms with Crippen molar-refractivity contribution in [3.05, 3.63) is 24.5 Å². The summed E-state index contributed by atoms with van der Waals surface area (Å²) in [6, 6.07) is 5.95. The van der Waals surface area contributed by atoms with Gasteiger partial charge >= 0.3 is 0 Å². The number of imidazole rings is 1. The van der Waals surface area contributed by atoms with Crippen LogP contribution in [0.5, 0.6) is 5.75 Å². The summed E-state index contributed by atoms with van der Waals surface area (Å²) in [5.41, 5.74) is 2.00. The van der Waals surface area contributed by atoms with Crippen LogP contribution in [0.2, 0.25) is 0 Å². The third-order valence-corrected chi connectivity index (χ3v) is 3.17. The Kier molecular flexibility index (Phi) is 4.59. The van der Waals surface area contributed by atoms with Gasteiger partial charge in [-0.3, -0.25) is 0 Å². The SMILES string of the molecule is CCN(CC)CCCOc1ccc2nc[nH]c2c1. The van der Waals surface area contributed by atoms with Crippen molar-refractivity contribution in [3.63, 3.8) is 0 Å². The number of nitrogens with zero attached hydrogens (tertiary/aromatic N) is 2. The summed E-state index contributed by atoms with van der Waals surface area (Å²) in [5.74, 6) is 0.909. The minimum Gasteiger partial charge on any atom is -0.493 e. The Balaban J connectivity index is 1.79. The van der Waals surface area contributed by atoms with Gasteiger partial charge in [-0.15, -0.1) is 0 Å². The van der Waals surface area contributed by atoms with Crippen molar-refractivity contribution in [1.82, 2.24) is 14.9 Å². The lowest BCUT2D eigenvalue weighted by molar-refractivity contribution is 0.249. The number of nitrogens with one attached hydrogen (secondary N) is 1. The standard InChI is InChI=1S/C14H21N3O/c1-3-17(4-2)8-5-9-18-12-6-7-13-14(10-12)16-11-15-13/h6-7,10-11H,3-5,8-9H2,1-2H3,(H,15,16). The first-order chi connectivity index (χ1) is 8.83. The van der Waals surface area contributed by atoms with Crippen molar-refractivity contribution in [2.45, 2.75) is 20.3 Å². The molecule has 0 aliphatic rings. The zero-order chi connectivity index (χ0) is 12.8. The Morgan fingerprint density at radius 2 is 2.11 bits per heavy atom. The molecule has 0 aliphatic carbocycles. The van der Waals surface area contributed by atoms with Crippen LogP contribution in [0.4, 0.5) is 0 Å². The smallest absolute Gasteiger partial charge is 0.121 e. The molecule has 0 amide bonds. The maximum absolute atomic E-state index is 5.75. The van der Waals surface area contributed by atoms with Gasteiger partial charge in [0.15, 0.2) is 0 Å². The quantitative estimate of drug-likeness (QED) is 0.765. The molecule has 0 fully saturated rings. The number of rotatable bonds is 7. The van der Waals surface area contributed by atoms with Gasteiger partial charge in [0.05, 0.1) is 24.0 Å². The summed E-state index contributed by atoms with van der Waals surface area (Å²) in [4.78, 5) is 9.68. The normalized spacial score (nSPS) is 11.3. The first-order valence-electron chi connectivity index (χ1n) is 6.61. The molecule has 0 bridgehead atoms. The van der Waals surface area contributed by atoms with Crippen molar-refractivity contribution in [1.29, 1.82) is 0 Å². The van der Waals surface area contributed by atoms with Crippen molar-refractivity contribution in [3.8, 4) is 5.75 Å². The molecule has 0 spiro atoms. The topological polar surface area (TPSA) is 41.1 Å². The number of aromatic amines is 1. The van der Waals surface area contributed by atoms with Gasteiger partial charge in [0.2, 0.25) is 0 Å². The molecule has 0 atom stereocenters. The van der Waals surface area contributed by atoms with E-state index in [1.807, 2.05) is 18.2 Å². The molecule has 0 aliphatic heterocycles. The number of hydrogen-bond donors (Lipinski definition) is 1. The van der Waals surface area contributed by atoms with Crippen LogP contribution in [0.1, 0.15) is 20.3 Å². The molecule has 4 nitrogen and oxygen atoms in total. The van der Waals surface area contributed by atoms with Crippen molar-refractivity contribution in [2.24, 2.45) is 0 Å². The molecule has 1 aromatic carbocycles. The molecule has 0 unspecified atom stereocenters. The van der Waals surface area contributed by atoms with Gasteiger partial charge in [0.1, 0.15) is 5.75 Å². The van der Waals surface area contributed by atoms with Gasteiger partial charge in [-0.05, 0) is 31.6 Å². The third-order valence-electron chi connectivity index (χ3n) is 3.17. The first-order valence-corrected chi connectivity index (χ1v) is 6.61. The average Bonchev–Trinajstić information content (AvgIpc) is 2.86. The Morgan fingerprint density at radius 3 is 2.89 bits per heavy atom. The highest BCUT2D eigenvalue weighted by Gasteiger charge is 2.01. The Bertz CT molecular complexity index is 477. The molecule has 1 N–H and O–H groups in total. The fourth-order valence-electron chi connectivity index (χ4n) is 2.02. The van der Waals surface area contributed by atoms with Crippen LogP contribution in [0.3, 0.4) is 0 Å². The minimum atomic E-state index is 0.760. The zero-order valence-electron chi connectivity index (χ0n) is 11.1. The lowest BCUT2D eigenvalue weighted by Crippen LogP contribution is -2.25. The monoisotopic (exact) mass is 247 g/mol. The number of ether oxygens (including phenoxy) is 1. The maximum atomic E-state index is 5.75. The highest BCUT2D eigenvalue weighted by molar-refractivity contribution is 5.75. The second kappa shape index (κ2) is 6.40. The minimum absolute atomic E-state index is 0.760. The van der Waals surface area contributed by atoms with Gasteiger partial charge < -0.3 is 14.6 Å². The lowest BCUT2D eigenvalue weighted by Gasteiger charge is -2.17. The van der Waals surface area contributed by atoms with Gasteiger partial charge in [-0.1, -0.05) is 13.8 Å². The van der Waals surface area contributed by atoms with E-state index in [1.54, 1.807) is 6.33 Å². The van der Waals surface area contributed by atoms with Crippen LogP contribution >= 0.6 is 0 Å². The first kappa shape index (κ1) is 12.9. The predicted molar refractivity (Wildman–Crippen MR) is 74.0 cm³/mol. The van der Waals surface area contributed by atoms with E-state index < -0.39 is 0 Å². The molecule has 2 aromatic rings. The van der Waals surface area contributed by atoms with Gasteiger partial charge in [0.25, 0.3) is 0 Å². The highest BCUT2D eigenvalue weighted by atomic mass is 16.5. The van der Waals surface area contributed by atoms with Crippen LogP contribution in [0, 0.1) is 0 Å². The maximum Gasteiger partial charge on any atom is 0.121 e. The Hall–Kier alpha value is -1.55. The van der Waals surface area contributed by atoms with E-state index in [0.717, 1.165) is 49.4 Å². The van der Waals surface area contributed by atoms with Crippen molar-refractivity contribution >= 4 is 11.0 Å². The van der Waals surface area contributed by atoms with Crippen LogP contribution in [0.15, 0.2) is 24.5 Å². The molecule has 18 heavy (non-hydrogen) atoms. The van der Waals surface area contributed by atoms with E-state index in [1.165, 1.54) is 0 Å². The number of aromatic nitrogens is 2. The fourth-order valence-corrected chi connectivity index (χ4v) is 2.02. The summed E-state index contributed by atoms with van der Waals surface area (Å²) in [6.07, 6.45) is 2.76. The summed E-state index contributed by atoms with van der Waals surface area (Å²) < 4.78 is 5.75. The van der Waals surface area contributed by atoms with Crippen LogP contribution in [-0.4, -0.2) is 41.1 Å². The molecular weight excluding hydrogens is 226 g/mol. The zero-order valence-corrected chi connectivity index (χ0v) is 11.1. The number of fused-ring (bicyclic) bond motifs is 1. The number of H-pyrrole nitrogens is 1. The second-order valence-corrected chi connectivity index (χ2v) is 4.31. The molecule has 98 valence electrons. The molecule has 0 saturated carbocycles. The second-order valence-electron chi connectivity index (χ2n) is 4.31. The Labute approximate surface area is 108 Å². The molecule has 4 heteroatoms. The van der Waals surface area contributed by atoms with E-state index in [4.69, 9.17) is 4.74 Å². The van der Waals surface area contributed by atoms with Crippen LogP contribution in [0.25, 0.3) is 11.0 Å². The predicted octanol–water partition coefficient (Wildman–Crippen LogP) is 2.67. The largest absolute Gasteiger partial charge is 0.493 e. The van der Waals surface area contributed by atoms with E-state index in [-0.39, 0.29) is 0 Å². The van der Waals surface area contributed by atoms with Crippen LogP contribution < -0.4 is 4.74 Å². The summed E-state index contributed by atoms with van der Waals surface area (Å²) in [5, 5.41) is 0. The van der Waals surface area contributed by atoms with Crippen LogP contribution in [-0.2, 0) is 0 Å². The molecule has 2 rings (SSSR count). The molecule has 1 heterocycles. The van der Waals surface area contributed by atoms with Gasteiger partial charge in [0, 0.05) is 12.6 Å². The van der Waals surface area contributed by atoms with Crippen molar-refractivity contribution in [2.75, 3.05) is 26.2 Å². The molecule has 1 aromatic heterocycles. The Morgan fingerprint density at radius 1 is 1.28 bits per heavy atom. The van der Waals surface area contributed by atoms with Gasteiger partial charge in [-0.25, -0.2) is 4.98 Å².